The van der Waals surface area contributed by atoms with Gasteiger partial charge in [-0.1, -0.05) is 38.1 Å². The van der Waals surface area contributed by atoms with Gasteiger partial charge in [-0.25, -0.2) is 17.5 Å². The molecule has 0 radical (unpaired) electrons. The second kappa shape index (κ2) is 18.6. The molecule has 372 valence electrons. The summed E-state index contributed by atoms with van der Waals surface area (Å²) in [4.78, 5) is 37.7. The third kappa shape index (κ3) is 9.25. The number of rotatable bonds is 13. The number of nitrogens with zero attached hydrogens (tertiary/aromatic N) is 4. The van der Waals surface area contributed by atoms with Gasteiger partial charge in [0.25, 0.3) is 27.5 Å². The Bertz CT molecular complexity index is 2920. The molecular weight excluding hydrogens is 918 g/mol. The van der Waals surface area contributed by atoms with Gasteiger partial charge in [0.15, 0.2) is 17.2 Å². The van der Waals surface area contributed by atoms with Gasteiger partial charge in [-0.3, -0.25) is 19.8 Å². The number of halogens is 1. The number of H-pyrrole nitrogens is 1. The fourth-order valence-corrected chi connectivity index (χ4v) is 12.8. The summed E-state index contributed by atoms with van der Waals surface area (Å²) in [5, 5.41) is 26.3. The average Bonchev–Trinajstić information content (AvgIpc) is 3.96. The number of hydrogen-bond acceptors (Lipinski definition) is 13. The first-order valence-electron chi connectivity index (χ1n) is 24.7. The van der Waals surface area contributed by atoms with E-state index in [4.69, 9.17) is 14.2 Å². The topological polar surface area (TPSA) is 201 Å². The molecule has 2 saturated heterocycles. The maximum Gasteiger partial charge on any atom is 0.297 e. The van der Waals surface area contributed by atoms with Gasteiger partial charge in [-0.15, -0.1) is 0 Å². The molecule has 0 bridgehead atoms. The highest BCUT2D eigenvalue weighted by Crippen LogP contribution is 2.54. The summed E-state index contributed by atoms with van der Waals surface area (Å²) in [5.74, 6) is -1.13. The van der Waals surface area contributed by atoms with E-state index in [-0.39, 0.29) is 76.0 Å². The Morgan fingerprint density at radius 1 is 1.04 bits per heavy atom. The number of carbonyl (C=O) groups excluding carboxylic acids is 1. The Balaban J connectivity index is 0.890. The van der Waals surface area contributed by atoms with Crippen molar-refractivity contribution in [3.05, 3.63) is 99.5 Å². The predicted octanol–water partition coefficient (Wildman–Crippen LogP) is 9.74. The van der Waals surface area contributed by atoms with Gasteiger partial charge >= 0.3 is 0 Å². The number of aromatic amines is 1. The van der Waals surface area contributed by atoms with Crippen molar-refractivity contribution in [1.82, 2.24) is 19.6 Å². The molecular formula is C52H62FN7O9S. The number of piperidine rings is 1. The van der Waals surface area contributed by atoms with Crippen molar-refractivity contribution < 1.29 is 41.8 Å². The van der Waals surface area contributed by atoms with Gasteiger partial charge in [-0.05, 0) is 125 Å². The van der Waals surface area contributed by atoms with Crippen molar-refractivity contribution in [2.75, 3.05) is 43.1 Å². The molecule has 2 aromatic heterocycles. The van der Waals surface area contributed by atoms with Gasteiger partial charge < -0.3 is 34.5 Å². The van der Waals surface area contributed by atoms with Crippen LogP contribution in [-0.4, -0.2) is 89.8 Å². The maximum atomic E-state index is 14.9. The number of fused-ring (bicyclic) bond motifs is 2. The lowest BCUT2D eigenvalue weighted by molar-refractivity contribution is -0.384. The smallest absolute Gasteiger partial charge is 0.297 e. The highest BCUT2D eigenvalue weighted by atomic mass is 32.2. The van der Waals surface area contributed by atoms with Crippen molar-refractivity contribution >= 4 is 44.0 Å². The van der Waals surface area contributed by atoms with Gasteiger partial charge in [0.1, 0.15) is 23.8 Å². The Hall–Kier alpha value is -5.98. The Labute approximate surface area is 407 Å². The van der Waals surface area contributed by atoms with Crippen molar-refractivity contribution in [1.29, 1.82) is 0 Å². The van der Waals surface area contributed by atoms with Crippen LogP contribution in [0.5, 0.6) is 23.1 Å². The zero-order valence-corrected chi connectivity index (χ0v) is 40.9. The van der Waals surface area contributed by atoms with Crippen molar-refractivity contribution in [3.8, 4) is 23.1 Å². The number of carbonyl (C=O) groups is 1. The third-order valence-corrected chi connectivity index (χ3v) is 17.0. The molecule has 0 unspecified atom stereocenters. The summed E-state index contributed by atoms with van der Waals surface area (Å²) in [6.07, 6.45) is 10.4. The SMILES string of the molecule is CCOc1nc2[nH]cc(F)c2cc1Oc1cc(N2CCC3(CC2)CC(N2CCC[C@H]2c2ccccc2C(C)C)C3)ccc1C(=O)NS(=O)(=O)c1cc2c(c([N+](=O)[O-])c1)N[C@@H](C1CCC(C)(O)CC1)CO2. The quantitative estimate of drug-likeness (QED) is 0.0642. The van der Waals surface area contributed by atoms with E-state index in [0.29, 0.717) is 43.7 Å². The van der Waals surface area contributed by atoms with E-state index in [1.165, 1.54) is 36.1 Å². The van der Waals surface area contributed by atoms with Gasteiger partial charge in [0.05, 0.1) is 39.0 Å². The average molecular weight is 980 g/mol. The molecule has 2 saturated carbocycles. The first kappa shape index (κ1) is 47.7. The minimum atomic E-state index is -4.75. The summed E-state index contributed by atoms with van der Waals surface area (Å²) in [7, 11) is -4.75. The van der Waals surface area contributed by atoms with Gasteiger partial charge in [0, 0.05) is 61.3 Å². The summed E-state index contributed by atoms with van der Waals surface area (Å²) in [5.41, 5.74) is 2.71. The second-order valence-corrected chi connectivity index (χ2v) is 22.4. The molecule has 1 amide bonds. The molecule has 2 atom stereocenters. The number of ether oxygens (including phenoxy) is 3. The van der Waals surface area contributed by atoms with Gasteiger partial charge in [-0.2, -0.15) is 4.98 Å². The van der Waals surface area contributed by atoms with E-state index in [1.807, 2.05) is 0 Å². The van der Waals surface area contributed by atoms with Crippen molar-refractivity contribution in [2.45, 2.75) is 126 Å². The van der Waals surface area contributed by atoms with Crippen LogP contribution in [0.3, 0.4) is 0 Å². The molecule has 3 aromatic carbocycles. The third-order valence-electron chi connectivity index (χ3n) is 15.7. The zero-order chi connectivity index (χ0) is 49.1. The molecule has 18 heteroatoms. The predicted molar refractivity (Wildman–Crippen MR) is 263 cm³/mol. The molecule has 4 N–H and O–H groups in total. The minimum absolute atomic E-state index is 0.00289. The van der Waals surface area contributed by atoms with E-state index < -0.39 is 42.9 Å². The molecule has 1 spiro atoms. The minimum Gasteiger partial charge on any atom is -0.489 e. The number of benzene rings is 3. The fourth-order valence-electron chi connectivity index (χ4n) is 11.8. The molecule has 2 aliphatic carbocycles. The Kier molecular flexibility index (Phi) is 12.7. The van der Waals surface area contributed by atoms with Crippen LogP contribution >= 0.6 is 0 Å². The highest BCUT2D eigenvalue weighted by molar-refractivity contribution is 7.90. The Morgan fingerprint density at radius 2 is 1.80 bits per heavy atom. The summed E-state index contributed by atoms with van der Waals surface area (Å²) >= 11 is 0. The lowest BCUT2D eigenvalue weighted by atomic mass is 9.59. The van der Waals surface area contributed by atoms with Crippen LogP contribution in [0.4, 0.5) is 21.5 Å². The number of amides is 1. The molecule has 5 aromatic rings. The van der Waals surface area contributed by atoms with Crippen LogP contribution in [0.2, 0.25) is 0 Å². The first-order chi connectivity index (χ1) is 33.5. The number of anilines is 2. The zero-order valence-electron chi connectivity index (χ0n) is 40.1. The number of likely N-dealkylation sites (tertiary alicyclic amines) is 1. The van der Waals surface area contributed by atoms with Crippen molar-refractivity contribution in [2.24, 2.45) is 11.3 Å². The lowest BCUT2D eigenvalue weighted by Gasteiger charge is -2.56. The molecule has 3 aliphatic heterocycles. The Morgan fingerprint density at radius 3 is 2.53 bits per heavy atom. The summed E-state index contributed by atoms with van der Waals surface area (Å²) < 4.78 is 63.4. The molecule has 4 fully saturated rings. The van der Waals surface area contributed by atoms with Gasteiger partial charge in [0.2, 0.25) is 0 Å². The van der Waals surface area contributed by atoms with E-state index in [0.717, 1.165) is 69.3 Å². The number of aliphatic hydroxyl groups is 1. The largest absolute Gasteiger partial charge is 0.489 e. The number of nitrogens with one attached hydrogen (secondary N) is 3. The van der Waals surface area contributed by atoms with E-state index in [2.05, 4.69) is 67.9 Å². The van der Waals surface area contributed by atoms with Crippen molar-refractivity contribution in [3.63, 3.8) is 0 Å². The number of nitro groups is 1. The number of hydrogen-bond donors (Lipinski definition) is 4. The van der Waals surface area contributed by atoms with E-state index in [9.17, 15) is 32.8 Å². The number of aromatic nitrogens is 2. The highest BCUT2D eigenvalue weighted by Gasteiger charge is 2.50. The summed E-state index contributed by atoms with van der Waals surface area (Å²) in [6.45, 7) is 11.1. The van der Waals surface area contributed by atoms with Crippen LogP contribution < -0.4 is 29.1 Å². The number of nitro benzene ring substituents is 1. The molecule has 5 aliphatic rings. The van der Waals surface area contributed by atoms with Crippen LogP contribution in [0, 0.1) is 27.3 Å². The lowest BCUT2D eigenvalue weighted by Crippen LogP contribution is -2.54. The fraction of sp³-hybridized carbons (Fsp3) is 0.500. The molecule has 16 nitrogen and oxygen atoms in total. The molecule has 5 heterocycles. The van der Waals surface area contributed by atoms with Crippen LogP contribution in [0.1, 0.15) is 125 Å². The van der Waals surface area contributed by atoms with Crippen LogP contribution in [-0.2, 0) is 10.0 Å². The molecule has 10 rings (SSSR count). The second-order valence-electron chi connectivity index (χ2n) is 20.7. The standard InChI is InChI=1S/C52H62FN7O9S/c1-5-67-50-46(26-39-40(53)29-54-48(39)56-50)69-44-23-33(58-21-18-52(19-22-58)27-34(28-52)59-20-8-11-42(59)37-10-7-6-9-36(37)31(2)3)12-13-38(44)49(61)57-70(65,66)35-24-43(60(63)64)47-45(25-35)68-30-41(55-47)32-14-16-51(4,62)17-15-32/h6-7,9-10,12-13,23-26,29,31-32,34,41-42,55,62H,5,8,11,14-22,27-28,30H2,1-4H3,(H,54,56)(H,57,61)/t32?,41-,42+,51?/m1/s1. The molecule has 70 heavy (non-hydrogen) atoms. The number of sulfonamides is 1. The normalized spacial score (nSPS) is 23.6. The first-order valence-corrected chi connectivity index (χ1v) is 26.2. The van der Waals surface area contributed by atoms with E-state index in [1.54, 1.807) is 26.0 Å². The maximum absolute atomic E-state index is 14.9. The van der Waals surface area contributed by atoms with Crippen LogP contribution in [0.15, 0.2) is 71.8 Å². The summed E-state index contributed by atoms with van der Waals surface area (Å²) in [6, 6.07) is 18.0. The van der Waals surface area contributed by atoms with Crippen LogP contribution in [0.25, 0.3) is 11.0 Å². The monoisotopic (exact) mass is 979 g/mol. The number of pyridine rings is 1. The van der Waals surface area contributed by atoms with E-state index >= 15 is 0 Å².